The molecule has 1 aromatic rings. The summed E-state index contributed by atoms with van der Waals surface area (Å²) < 4.78 is 5.15. The number of carbonyl (C=O) groups is 2. The number of aromatic hydroxyl groups is 1. The number of hydrogen-bond donors (Lipinski definition) is 2. The van der Waals surface area contributed by atoms with Gasteiger partial charge in [0.15, 0.2) is 11.5 Å². The van der Waals surface area contributed by atoms with Crippen LogP contribution in [-0.2, 0) is 4.79 Å². The van der Waals surface area contributed by atoms with Gasteiger partial charge < -0.3 is 19.8 Å². The van der Waals surface area contributed by atoms with Crippen LogP contribution >= 0.6 is 11.6 Å². The molecule has 7 heteroatoms. The first-order valence-electron chi connectivity index (χ1n) is 5.49. The van der Waals surface area contributed by atoms with Gasteiger partial charge in [-0.3, -0.25) is 9.59 Å². The number of likely N-dealkylation sites (N-methyl/N-ethyl adjacent to an activating group) is 1. The van der Waals surface area contributed by atoms with Crippen LogP contribution in [0.15, 0.2) is 12.1 Å². The number of phenolic OH excluding ortho intramolecular Hbond substituents is 1. The molecule has 19 heavy (non-hydrogen) atoms. The van der Waals surface area contributed by atoms with Gasteiger partial charge in [0, 0.05) is 12.6 Å². The number of halogens is 1. The van der Waals surface area contributed by atoms with E-state index in [0.29, 0.717) is 6.61 Å². The zero-order chi connectivity index (χ0) is 14.6. The average molecular weight is 288 g/mol. The van der Waals surface area contributed by atoms with Gasteiger partial charge in [-0.1, -0.05) is 11.6 Å². The molecule has 1 rings (SSSR count). The number of aliphatic carboxylic acids is 1. The van der Waals surface area contributed by atoms with Crippen LogP contribution in [0.2, 0.25) is 5.02 Å². The SMILES string of the molecule is CCOc1cc(C(=O)N(C)CC(=O)O)cc(Cl)c1O. The number of hydrogen-bond acceptors (Lipinski definition) is 4. The first-order chi connectivity index (χ1) is 8.86. The molecule has 0 saturated carbocycles. The van der Waals surface area contributed by atoms with Crippen molar-refractivity contribution in [2.24, 2.45) is 0 Å². The molecule has 6 nitrogen and oxygen atoms in total. The van der Waals surface area contributed by atoms with E-state index in [2.05, 4.69) is 0 Å². The van der Waals surface area contributed by atoms with Crippen molar-refractivity contribution in [3.63, 3.8) is 0 Å². The maximum Gasteiger partial charge on any atom is 0.323 e. The summed E-state index contributed by atoms with van der Waals surface area (Å²) in [7, 11) is 1.36. The highest BCUT2D eigenvalue weighted by molar-refractivity contribution is 6.32. The van der Waals surface area contributed by atoms with Gasteiger partial charge in [-0.25, -0.2) is 0 Å². The Morgan fingerprint density at radius 1 is 1.42 bits per heavy atom. The molecule has 0 unspecified atom stereocenters. The summed E-state index contributed by atoms with van der Waals surface area (Å²) >= 11 is 5.79. The lowest BCUT2D eigenvalue weighted by Gasteiger charge is -2.16. The molecule has 0 aliphatic rings. The third-order valence-electron chi connectivity index (χ3n) is 2.29. The van der Waals surface area contributed by atoms with E-state index in [9.17, 15) is 14.7 Å². The molecule has 0 saturated heterocycles. The average Bonchev–Trinajstić information content (AvgIpc) is 2.33. The zero-order valence-corrected chi connectivity index (χ0v) is 11.3. The molecule has 0 fully saturated rings. The van der Waals surface area contributed by atoms with Gasteiger partial charge in [-0.2, -0.15) is 0 Å². The Balaban J connectivity index is 3.06. The first-order valence-corrected chi connectivity index (χ1v) is 5.87. The molecular weight excluding hydrogens is 274 g/mol. The Morgan fingerprint density at radius 3 is 2.58 bits per heavy atom. The molecule has 0 heterocycles. The van der Waals surface area contributed by atoms with Crippen molar-refractivity contribution in [3.8, 4) is 11.5 Å². The van der Waals surface area contributed by atoms with Crippen LogP contribution in [0.4, 0.5) is 0 Å². The van der Waals surface area contributed by atoms with E-state index in [0.717, 1.165) is 4.90 Å². The molecule has 1 aromatic carbocycles. The molecule has 1 amide bonds. The summed E-state index contributed by atoms with van der Waals surface area (Å²) in [6.07, 6.45) is 0. The standard InChI is InChI=1S/C12H14ClNO5/c1-3-19-9-5-7(4-8(13)11(9)17)12(18)14(2)6-10(15)16/h4-5,17H,3,6H2,1-2H3,(H,15,16). The van der Waals surface area contributed by atoms with E-state index in [1.54, 1.807) is 6.92 Å². The van der Waals surface area contributed by atoms with Crippen molar-refractivity contribution in [3.05, 3.63) is 22.7 Å². The summed E-state index contributed by atoms with van der Waals surface area (Å²) in [6, 6.07) is 2.59. The number of phenols is 1. The van der Waals surface area contributed by atoms with Crippen LogP contribution in [0, 0.1) is 0 Å². The van der Waals surface area contributed by atoms with Crippen molar-refractivity contribution < 1.29 is 24.5 Å². The van der Waals surface area contributed by atoms with Gasteiger partial charge in [0.2, 0.25) is 0 Å². The normalized spacial score (nSPS) is 10.1. The van der Waals surface area contributed by atoms with E-state index in [1.807, 2.05) is 0 Å². The second kappa shape index (κ2) is 6.29. The third kappa shape index (κ3) is 3.75. The fraction of sp³-hybridized carbons (Fsp3) is 0.333. The highest BCUT2D eigenvalue weighted by Gasteiger charge is 2.18. The maximum atomic E-state index is 12.0. The minimum Gasteiger partial charge on any atom is -0.503 e. The predicted octanol–water partition coefficient (Wildman–Crippen LogP) is 1.60. The number of amides is 1. The van der Waals surface area contributed by atoms with E-state index in [-0.39, 0.29) is 22.1 Å². The monoisotopic (exact) mass is 287 g/mol. The van der Waals surface area contributed by atoms with Gasteiger partial charge in [-0.05, 0) is 19.1 Å². The summed E-state index contributed by atoms with van der Waals surface area (Å²) in [4.78, 5) is 23.5. The van der Waals surface area contributed by atoms with Crippen LogP contribution in [0.1, 0.15) is 17.3 Å². The highest BCUT2D eigenvalue weighted by atomic mass is 35.5. The maximum absolute atomic E-state index is 12.0. The van der Waals surface area contributed by atoms with Crippen LogP contribution in [0.5, 0.6) is 11.5 Å². The number of carboxylic acid groups (broad SMARTS) is 1. The zero-order valence-electron chi connectivity index (χ0n) is 10.5. The molecule has 0 bridgehead atoms. The number of carbonyl (C=O) groups excluding carboxylic acids is 1. The number of ether oxygens (including phenoxy) is 1. The molecule has 0 aliphatic heterocycles. The summed E-state index contributed by atoms with van der Waals surface area (Å²) in [6.45, 7) is 1.59. The molecule has 0 radical (unpaired) electrons. The molecule has 2 N–H and O–H groups in total. The molecule has 104 valence electrons. The van der Waals surface area contributed by atoms with Gasteiger partial charge in [-0.15, -0.1) is 0 Å². The number of rotatable bonds is 5. The quantitative estimate of drug-likeness (QED) is 0.859. The number of nitrogens with zero attached hydrogens (tertiary/aromatic N) is 1. The topological polar surface area (TPSA) is 87.1 Å². The van der Waals surface area contributed by atoms with Gasteiger partial charge in [0.25, 0.3) is 5.91 Å². The molecule has 0 atom stereocenters. The molecule has 0 aliphatic carbocycles. The van der Waals surface area contributed by atoms with Crippen molar-refractivity contribution >= 4 is 23.5 Å². The minimum atomic E-state index is -1.12. The van der Waals surface area contributed by atoms with Gasteiger partial charge in [0.05, 0.1) is 11.6 Å². The van der Waals surface area contributed by atoms with Gasteiger partial charge in [0.1, 0.15) is 6.54 Å². The lowest BCUT2D eigenvalue weighted by atomic mass is 10.1. The Labute approximate surface area is 115 Å². The highest BCUT2D eigenvalue weighted by Crippen LogP contribution is 2.35. The van der Waals surface area contributed by atoms with Gasteiger partial charge >= 0.3 is 5.97 Å². The van der Waals surface area contributed by atoms with E-state index in [1.165, 1.54) is 19.2 Å². The van der Waals surface area contributed by atoms with Crippen LogP contribution < -0.4 is 4.74 Å². The molecule has 0 spiro atoms. The van der Waals surface area contributed by atoms with E-state index in [4.69, 9.17) is 21.4 Å². The summed E-state index contributed by atoms with van der Waals surface area (Å²) in [5.41, 5.74) is 0.148. The fourth-order valence-corrected chi connectivity index (χ4v) is 1.67. The molecule has 0 aromatic heterocycles. The fourth-order valence-electron chi connectivity index (χ4n) is 1.46. The largest absolute Gasteiger partial charge is 0.503 e. The Morgan fingerprint density at radius 2 is 2.05 bits per heavy atom. The predicted molar refractivity (Wildman–Crippen MR) is 68.9 cm³/mol. The second-order valence-electron chi connectivity index (χ2n) is 3.79. The smallest absolute Gasteiger partial charge is 0.323 e. The van der Waals surface area contributed by atoms with Crippen LogP contribution in [0.25, 0.3) is 0 Å². The summed E-state index contributed by atoms with van der Waals surface area (Å²) in [5.74, 6) is -1.81. The van der Waals surface area contributed by atoms with Crippen molar-refractivity contribution in [1.82, 2.24) is 4.90 Å². The number of benzene rings is 1. The lowest BCUT2D eigenvalue weighted by Crippen LogP contribution is -2.31. The van der Waals surface area contributed by atoms with Crippen molar-refractivity contribution in [2.45, 2.75) is 6.92 Å². The lowest BCUT2D eigenvalue weighted by molar-refractivity contribution is -0.137. The second-order valence-corrected chi connectivity index (χ2v) is 4.20. The molecular formula is C12H14ClNO5. The third-order valence-corrected chi connectivity index (χ3v) is 2.58. The summed E-state index contributed by atoms with van der Waals surface area (Å²) in [5, 5.41) is 18.2. The van der Waals surface area contributed by atoms with Crippen LogP contribution in [0.3, 0.4) is 0 Å². The minimum absolute atomic E-state index is 0.0296. The first kappa shape index (κ1) is 15.1. The Kier molecular flexibility index (Phi) is 5.00. The Bertz CT molecular complexity index is 503. The van der Waals surface area contributed by atoms with Crippen LogP contribution in [-0.4, -0.2) is 47.2 Å². The van der Waals surface area contributed by atoms with E-state index >= 15 is 0 Å². The number of carboxylic acids is 1. The van der Waals surface area contributed by atoms with Crippen molar-refractivity contribution in [2.75, 3.05) is 20.2 Å². The van der Waals surface area contributed by atoms with E-state index < -0.39 is 18.4 Å². The van der Waals surface area contributed by atoms with Crippen molar-refractivity contribution in [1.29, 1.82) is 0 Å². The Hall–Kier alpha value is -1.95.